The van der Waals surface area contributed by atoms with E-state index < -0.39 is 29.8 Å². The first-order valence-corrected chi connectivity index (χ1v) is 6.25. The van der Waals surface area contributed by atoms with E-state index in [9.17, 15) is 13.6 Å². The van der Waals surface area contributed by atoms with Crippen LogP contribution in [-0.4, -0.2) is 47.9 Å². The molecule has 0 unspecified atom stereocenters. The van der Waals surface area contributed by atoms with E-state index in [0.717, 1.165) is 4.90 Å². The van der Waals surface area contributed by atoms with Crippen LogP contribution in [0.4, 0.5) is 8.78 Å². The largest absolute Gasteiger partial charge is 0.380 e. The van der Waals surface area contributed by atoms with Crippen LogP contribution in [0.5, 0.6) is 0 Å². The van der Waals surface area contributed by atoms with Crippen LogP contribution in [0.3, 0.4) is 0 Å². The van der Waals surface area contributed by atoms with Crippen molar-refractivity contribution >= 4 is 17.5 Å². The highest BCUT2D eigenvalue weighted by atomic mass is 35.5. The second-order valence-electron chi connectivity index (χ2n) is 4.22. The Hall–Kier alpha value is -0.420. The highest BCUT2D eigenvalue weighted by Gasteiger charge is 2.47. The highest BCUT2D eigenvalue weighted by molar-refractivity contribution is 6.30. The van der Waals surface area contributed by atoms with Crippen LogP contribution in [0.15, 0.2) is 0 Å². The summed E-state index contributed by atoms with van der Waals surface area (Å²) in [6.45, 7) is 3.58. The molecule has 1 saturated heterocycles. The summed E-state index contributed by atoms with van der Waals surface area (Å²) in [5.41, 5.74) is 0. The van der Waals surface area contributed by atoms with Gasteiger partial charge in [0, 0.05) is 13.0 Å². The third-order valence-electron chi connectivity index (χ3n) is 2.80. The normalized spacial score (nSPS) is 25.0. The van der Waals surface area contributed by atoms with Gasteiger partial charge >= 0.3 is 0 Å². The number of hydrogen-bond donors (Lipinski definition) is 0. The van der Waals surface area contributed by atoms with E-state index in [1.54, 1.807) is 13.8 Å². The van der Waals surface area contributed by atoms with Crippen molar-refractivity contribution in [1.82, 2.24) is 4.90 Å². The number of carbonyl (C=O) groups excluding carboxylic acids is 1. The summed E-state index contributed by atoms with van der Waals surface area (Å²) < 4.78 is 31.7. The summed E-state index contributed by atoms with van der Waals surface area (Å²) in [5.74, 6) is -3.25. The fourth-order valence-corrected chi connectivity index (χ4v) is 2.04. The fourth-order valence-electron chi connectivity index (χ4n) is 1.91. The van der Waals surface area contributed by atoms with Gasteiger partial charge in [-0.1, -0.05) is 6.92 Å². The summed E-state index contributed by atoms with van der Waals surface area (Å²) in [5, 5.41) is -0.729. The molecule has 0 aromatic heterocycles. The fraction of sp³-hybridized carbons (Fsp3) is 0.909. The Kier molecular flexibility index (Phi) is 5.13. The number of nitrogens with zero attached hydrogens (tertiary/aromatic N) is 1. The molecule has 0 aromatic rings. The van der Waals surface area contributed by atoms with E-state index in [4.69, 9.17) is 16.3 Å². The van der Waals surface area contributed by atoms with Gasteiger partial charge in [-0.3, -0.25) is 4.79 Å². The molecule has 1 aliphatic rings. The summed E-state index contributed by atoms with van der Waals surface area (Å²) in [6, 6.07) is -0.565. The van der Waals surface area contributed by atoms with E-state index in [2.05, 4.69) is 0 Å². The average Bonchev–Trinajstić information content (AvgIpc) is 2.59. The molecule has 1 rings (SSSR count). The van der Waals surface area contributed by atoms with Gasteiger partial charge in [0.2, 0.25) is 5.91 Å². The van der Waals surface area contributed by atoms with Crippen molar-refractivity contribution in [3.63, 3.8) is 0 Å². The average molecular weight is 270 g/mol. The number of halogens is 3. The van der Waals surface area contributed by atoms with Gasteiger partial charge in [0.15, 0.2) is 0 Å². The van der Waals surface area contributed by atoms with E-state index >= 15 is 0 Å². The van der Waals surface area contributed by atoms with E-state index in [1.165, 1.54) is 0 Å². The van der Waals surface area contributed by atoms with Crippen molar-refractivity contribution in [2.75, 3.05) is 19.8 Å². The minimum Gasteiger partial charge on any atom is -0.380 e. The maximum atomic E-state index is 13.3. The number of ether oxygens (including phenoxy) is 1. The van der Waals surface area contributed by atoms with Crippen LogP contribution >= 0.6 is 11.6 Å². The molecule has 0 aromatic carbocycles. The number of hydrogen-bond acceptors (Lipinski definition) is 2. The minimum absolute atomic E-state index is 0.144. The van der Waals surface area contributed by atoms with Gasteiger partial charge in [0.1, 0.15) is 5.38 Å². The summed E-state index contributed by atoms with van der Waals surface area (Å²) in [7, 11) is 0. The molecule has 1 fully saturated rings. The number of amides is 1. The van der Waals surface area contributed by atoms with Crippen LogP contribution < -0.4 is 0 Å². The molecule has 0 bridgehead atoms. The molecule has 0 spiro atoms. The monoisotopic (exact) mass is 269 g/mol. The SMILES string of the molecule is CCOC[C@@H]1CC(F)(F)CN1C(=O)[C@H](Cl)CC. The smallest absolute Gasteiger partial charge is 0.267 e. The van der Waals surface area contributed by atoms with Crippen molar-refractivity contribution in [2.45, 2.75) is 44.0 Å². The molecule has 1 aliphatic heterocycles. The molecule has 1 amide bonds. The van der Waals surface area contributed by atoms with Crippen molar-refractivity contribution in [3.05, 3.63) is 0 Å². The number of alkyl halides is 3. The molecular weight excluding hydrogens is 252 g/mol. The Morgan fingerprint density at radius 1 is 1.59 bits per heavy atom. The standard InChI is InChI=1S/C11H18ClF2NO2/c1-3-9(12)10(16)15-7-11(13,14)5-8(15)6-17-4-2/h8-9H,3-7H2,1-2H3/t8-,9+/m0/s1. The summed E-state index contributed by atoms with van der Waals surface area (Å²) >= 11 is 5.81. The minimum atomic E-state index is -2.83. The lowest BCUT2D eigenvalue weighted by Crippen LogP contribution is -2.42. The maximum absolute atomic E-state index is 13.3. The Labute approximate surface area is 105 Å². The molecule has 3 nitrogen and oxygen atoms in total. The molecule has 0 radical (unpaired) electrons. The predicted octanol–water partition coefficient (Wildman–Crippen LogP) is 2.28. The van der Waals surface area contributed by atoms with Gasteiger partial charge in [0.25, 0.3) is 5.92 Å². The van der Waals surface area contributed by atoms with Crippen LogP contribution in [-0.2, 0) is 9.53 Å². The lowest BCUT2D eigenvalue weighted by molar-refractivity contribution is -0.133. The van der Waals surface area contributed by atoms with Crippen molar-refractivity contribution in [1.29, 1.82) is 0 Å². The summed E-state index contributed by atoms with van der Waals surface area (Å²) in [4.78, 5) is 13.0. The lowest BCUT2D eigenvalue weighted by Gasteiger charge is -2.25. The van der Waals surface area contributed by atoms with Gasteiger partial charge in [-0.15, -0.1) is 11.6 Å². The second kappa shape index (κ2) is 5.96. The molecule has 100 valence electrons. The molecule has 6 heteroatoms. The zero-order chi connectivity index (χ0) is 13.1. The predicted molar refractivity (Wildman–Crippen MR) is 61.5 cm³/mol. The van der Waals surface area contributed by atoms with Crippen molar-refractivity contribution in [3.8, 4) is 0 Å². The Balaban J connectivity index is 2.69. The molecule has 0 N–H and O–H groups in total. The number of likely N-dealkylation sites (tertiary alicyclic amines) is 1. The Morgan fingerprint density at radius 3 is 2.76 bits per heavy atom. The highest BCUT2D eigenvalue weighted by Crippen LogP contribution is 2.33. The molecule has 1 heterocycles. The quantitative estimate of drug-likeness (QED) is 0.717. The first kappa shape index (κ1) is 14.6. The Morgan fingerprint density at radius 2 is 2.24 bits per heavy atom. The van der Waals surface area contributed by atoms with Gasteiger partial charge in [0.05, 0.1) is 19.2 Å². The van der Waals surface area contributed by atoms with Crippen molar-refractivity contribution in [2.24, 2.45) is 0 Å². The third kappa shape index (κ3) is 3.78. The molecule has 17 heavy (non-hydrogen) atoms. The van der Waals surface area contributed by atoms with Gasteiger partial charge in [-0.2, -0.15) is 0 Å². The van der Waals surface area contributed by atoms with Crippen LogP contribution in [0.2, 0.25) is 0 Å². The van der Waals surface area contributed by atoms with Crippen LogP contribution in [0.1, 0.15) is 26.7 Å². The molecule has 0 saturated carbocycles. The first-order chi connectivity index (χ1) is 7.91. The van der Waals surface area contributed by atoms with E-state index in [-0.39, 0.29) is 13.0 Å². The molecule has 2 atom stereocenters. The van der Waals surface area contributed by atoms with Gasteiger partial charge < -0.3 is 9.64 Å². The van der Waals surface area contributed by atoms with Gasteiger partial charge in [-0.25, -0.2) is 8.78 Å². The first-order valence-electron chi connectivity index (χ1n) is 5.81. The van der Waals surface area contributed by atoms with Crippen LogP contribution in [0, 0.1) is 0 Å². The summed E-state index contributed by atoms with van der Waals surface area (Å²) in [6.07, 6.45) is 0.0931. The zero-order valence-electron chi connectivity index (χ0n) is 10.1. The topological polar surface area (TPSA) is 29.5 Å². The van der Waals surface area contributed by atoms with Gasteiger partial charge in [-0.05, 0) is 13.3 Å². The van der Waals surface area contributed by atoms with Crippen LogP contribution in [0.25, 0.3) is 0 Å². The Bertz CT molecular complexity index is 276. The lowest BCUT2D eigenvalue weighted by atomic mass is 10.2. The zero-order valence-corrected chi connectivity index (χ0v) is 10.8. The number of carbonyl (C=O) groups is 1. The third-order valence-corrected chi connectivity index (χ3v) is 3.30. The maximum Gasteiger partial charge on any atom is 0.267 e. The van der Waals surface area contributed by atoms with E-state index in [0.29, 0.717) is 13.0 Å². The van der Waals surface area contributed by atoms with E-state index in [1.807, 2.05) is 0 Å². The van der Waals surface area contributed by atoms with Crippen molar-refractivity contribution < 1.29 is 18.3 Å². The second-order valence-corrected chi connectivity index (χ2v) is 4.74. The molecule has 0 aliphatic carbocycles. The number of rotatable bonds is 5. The molecular formula is C11H18ClF2NO2.